The van der Waals surface area contributed by atoms with Crippen LogP contribution in [0.2, 0.25) is 0 Å². The Labute approximate surface area is 119 Å². The van der Waals surface area contributed by atoms with E-state index in [2.05, 4.69) is 5.32 Å². The summed E-state index contributed by atoms with van der Waals surface area (Å²) in [5.74, 6) is -1.50. The molecule has 0 saturated carbocycles. The number of benzene rings is 1. The van der Waals surface area contributed by atoms with Crippen LogP contribution in [-0.4, -0.2) is 23.0 Å². The van der Waals surface area contributed by atoms with E-state index in [0.29, 0.717) is 6.42 Å². The zero-order chi connectivity index (χ0) is 15.1. The van der Waals surface area contributed by atoms with E-state index in [1.165, 1.54) is 6.08 Å². The van der Waals surface area contributed by atoms with Crippen molar-refractivity contribution in [2.24, 2.45) is 5.92 Å². The van der Waals surface area contributed by atoms with Crippen molar-refractivity contribution < 1.29 is 14.7 Å². The highest BCUT2D eigenvalue weighted by Gasteiger charge is 2.24. The van der Waals surface area contributed by atoms with Gasteiger partial charge in [-0.1, -0.05) is 50.1 Å². The smallest absolute Gasteiger partial charge is 0.326 e. The Kier molecular flexibility index (Phi) is 5.97. The van der Waals surface area contributed by atoms with Crippen molar-refractivity contribution >= 4 is 18.0 Å². The van der Waals surface area contributed by atoms with E-state index in [0.717, 1.165) is 11.1 Å². The molecular weight excluding hydrogens is 254 g/mol. The first-order valence-electron chi connectivity index (χ1n) is 6.72. The molecule has 0 bridgehead atoms. The molecule has 0 fully saturated rings. The average molecular weight is 275 g/mol. The molecule has 2 atom stereocenters. The molecule has 0 saturated heterocycles. The second-order valence-electron chi connectivity index (χ2n) is 4.96. The lowest BCUT2D eigenvalue weighted by Crippen LogP contribution is -2.44. The standard InChI is InChI=1S/C16H21NO3/c1-4-12(3)15(16(19)20)17-14(18)9-8-13-7-5-6-11(2)10-13/h5-10,12,15H,4H2,1-3H3,(H,17,18)(H,19,20)/b9-8+/t12?,15-/m0/s1. The van der Waals surface area contributed by atoms with Crippen LogP contribution >= 0.6 is 0 Å². The first kappa shape index (κ1) is 16.0. The Morgan fingerprint density at radius 2 is 2.10 bits per heavy atom. The summed E-state index contributed by atoms with van der Waals surface area (Å²) < 4.78 is 0. The molecule has 2 N–H and O–H groups in total. The third-order valence-electron chi connectivity index (χ3n) is 3.25. The van der Waals surface area contributed by atoms with Gasteiger partial charge in [0.2, 0.25) is 5.91 Å². The Balaban J connectivity index is 2.68. The van der Waals surface area contributed by atoms with E-state index in [4.69, 9.17) is 5.11 Å². The van der Waals surface area contributed by atoms with Crippen LogP contribution in [0.5, 0.6) is 0 Å². The lowest BCUT2D eigenvalue weighted by Gasteiger charge is -2.19. The number of carbonyl (C=O) groups is 2. The van der Waals surface area contributed by atoms with Crippen LogP contribution in [0.25, 0.3) is 6.08 Å². The van der Waals surface area contributed by atoms with Crippen LogP contribution in [0, 0.1) is 12.8 Å². The highest BCUT2D eigenvalue weighted by molar-refractivity contribution is 5.94. The van der Waals surface area contributed by atoms with Gasteiger partial charge in [0.25, 0.3) is 0 Å². The van der Waals surface area contributed by atoms with Gasteiger partial charge in [-0.2, -0.15) is 0 Å². The van der Waals surface area contributed by atoms with Crippen LogP contribution < -0.4 is 5.32 Å². The summed E-state index contributed by atoms with van der Waals surface area (Å²) in [5.41, 5.74) is 2.02. The number of hydrogen-bond acceptors (Lipinski definition) is 2. The molecule has 1 aromatic carbocycles. The summed E-state index contributed by atoms with van der Waals surface area (Å²) in [7, 11) is 0. The maximum Gasteiger partial charge on any atom is 0.326 e. The van der Waals surface area contributed by atoms with E-state index in [9.17, 15) is 9.59 Å². The molecule has 1 aromatic rings. The molecule has 4 heteroatoms. The number of carbonyl (C=O) groups excluding carboxylic acids is 1. The zero-order valence-corrected chi connectivity index (χ0v) is 12.1. The van der Waals surface area contributed by atoms with Crippen molar-refractivity contribution in [1.82, 2.24) is 5.32 Å². The fourth-order valence-corrected chi connectivity index (χ4v) is 1.83. The molecule has 0 aliphatic carbocycles. The SMILES string of the molecule is CCC(C)[C@H](NC(=O)/C=C/c1cccc(C)c1)C(=O)O. The number of aliphatic carboxylic acids is 1. The maximum atomic E-state index is 11.8. The first-order valence-corrected chi connectivity index (χ1v) is 6.72. The quantitative estimate of drug-likeness (QED) is 0.784. The minimum atomic E-state index is -1.00. The molecule has 1 unspecified atom stereocenters. The average Bonchev–Trinajstić information content (AvgIpc) is 2.41. The van der Waals surface area contributed by atoms with E-state index < -0.39 is 12.0 Å². The van der Waals surface area contributed by atoms with Gasteiger partial charge in [0.1, 0.15) is 6.04 Å². The number of carboxylic acids is 1. The van der Waals surface area contributed by atoms with Crippen LogP contribution in [-0.2, 0) is 9.59 Å². The lowest BCUT2D eigenvalue weighted by atomic mass is 9.99. The largest absolute Gasteiger partial charge is 0.480 e. The van der Waals surface area contributed by atoms with Crippen LogP contribution in [0.15, 0.2) is 30.3 Å². The van der Waals surface area contributed by atoms with E-state index in [1.807, 2.05) is 45.0 Å². The van der Waals surface area contributed by atoms with Gasteiger partial charge in [0, 0.05) is 6.08 Å². The molecule has 0 aliphatic rings. The second kappa shape index (κ2) is 7.48. The second-order valence-corrected chi connectivity index (χ2v) is 4.96. The molecule has 0 heterocycles. The predicted molar refractivity (Wildman–Crippen MR) is 79.2 cm³/mol. The van der Waals surface area contributed by atoms with Crippen molar-refractivity contribution in [1.29, 1.82) is 0 Å². The number of hydrogen-bond donors (Lipinski definition) is 2. The Morgan fingerprint density at radius 1 is 1.40 bits per heavy atom. The molecular formula is C16H21NO3. The number of amides is 1. The van der Waals surface area contributed by atoms with Crippen molar-refractivity contribution in [2.45, 2.75) is 33.2 Å². The van der Waals surface area contributed by atoms with Gasteiger partial charge < -0.3 is 10.4 Å². The van der Waals surface area contributed by atoms with Gasteiger partial charge in [-0.15, -0.1) is 0 Å². The van der Waals surface area contributed by atoms with Crippen LogP contribution in [0.4, 0.5) is 0 Å². The summed E-state index contributed by atoms with van der Waals surface area (Å²) in [5, 5.41) is 11.6. The summed E-state index contributed by atoms with van der Waals surface area (Å²) >= 11 is 0. The highest BCUT2D eigenvalue weighted by atomic mass is 16.4. The van der Waals surface area contributed by atoms with E-state index in [1.54, 1.807) is 6.08 Å². The Hall–Kier alpha value is -2.10. The van der Waals surface area contributed by atoms with Gasteiger partial charge >= 0.3 is 5.97 Å². The third-order valence-corrected chi connectivity index (χ3v) is 3.25. The summed E-state index contributed by atoms with van der Waals surface area (Å²) in [6.45, 7) is 5.68. The molecule has 0 aliphatic heterocycles. The monoisotopic (exact) mass is 275 g/mol. The molecule has 20 heavy (non-hydrogen) atoms. The molecule has 0 radical (unpaired) electrons. The zero-order valence-electron chi connectivity index (χ0n) is 12.1. The maximum absolute atomic E-state index is 11.8. The summed E-state index contributed by atoms with van der Waals surface area (Å²) in [4.78, 5) is 22.9. The molecule has 1 amide bonds. The van der Waals surface area contributed by atoms with E-state index in [-0.39, 0.29) is 11.8 Å². The fourth-order valence-electron chi connectivity index (χ4n) is 1.83. The number of rotatable bonds is 6. The molecule has 4 nitrogen and oxygen atoms in total. The van der Waals surface area contributed by atoms with Crippen molar-refractivity contribution in [3.63, 3.8) is 0 Å². The minimum Gasteiger partial charge on any atom is -0.480 e. The van der Waals surface area contributed by atoms with Gasteiger partial charge in [0.05, 0.1) is 0 Å². The molecule has 1 rings (SSSR count). The molecule has 108 valence electrons. The number of nitrogens with one attached hydrogen (secondary N) is 1. The van der Waals surface area contributed by atoms with Crippen LogP contribution in [0.1, 0.15) is 31.4 Å². The van der Waals surface area contributed by atoms with Crippen molar-refractivity contribution in [3.05, 3.63) is 41.5 Å². The topological polar surface area (TPSA) is 66.4 Å². The van der Waals surface area contributed by atoms with Crippen molar-refractivity contribution in [2.75, 3.05) is 0 Å². The number of carboxylic acid groups (broad SMARTS) is 1. The lowest BCUT2D eigenvalue weighted by molar-refractivity contribution is -0.142. The predicted octanol–water partition coefficient (Wildman–Crippen LogP) is 2.62. The summed E-state index contributed by atoms with van der Waals surface area (Å²) in [6, 6.07) is 6.87. The summed E-state index contributed by atoms with van der Waals surface area (Å²) in [6.07, 6.45) is 3.74. The number of aryl methyl sites for hydroxylation is 1. The molecule has 0 aromatic heterocycles. The minimum absolute atomic E-state index is 0.108. The van der Waals surface area contributed by atoms with Crippen LogP contribution in [0.3, 0.4) is 0 Å². The third kappa shape index (κ3) is 4.88. The fraction of sp³-hybridized carbons (Fsp3) is 0.375. The highest BCUT2D eigenvalue weighted by Crippen LogP contribution is 2.09. The van der Waals surface area contributed by atoms with Gasteiger partial charge in [-0.05, 0) is 24.5 Å². The Morgan fingerprint density at radius 3 is 2.65 bits per heavy atom. The van der Waals surface area contributed by atoms with Crippen molar-refractivity contribution in [3.8, 4) is 0 Å². The normalized spacial score (nSPS) is 13.9. The van der Waals surface area contributed by atoms with Gasteiger partial charge in [-0.3, -0.25) is 4.79 Å². The first-order chi connectivity index (χ1) is 9.43. The Bertz CT molecular complexity index is 508. The van der Waals surface area contributed by atoms with Gasteiger partial charge in [0.15, 0.2) is 0 Å². The van der Waals surface area contributed by atoms with Gasteiger partial charge in [-0.25, -0.2) is 4.79 Å². The molecule has 0 spiro atoms. The van der Waals surface area contributed by atoms with E-state index >= 15 is 0 Å².